The van der Waals surface area contributed by atoms with Crippen LogP contribution in [0.3, 0.4) is 0 Å². The number of rotatable bonds is 7. The van der Waals surface area contributed by atoms with E-state index < -0.39 is 6.10 Å². The fraction of sp³-hybridized carbons (Fsp3) is 0.182. The molecule has 2 N–H and O–H groups in total. The van der Waals surface area contributed by atoms with Gasteiger partial charge in [-0.25, -0.2) is 5.43 Å². The Balaban J connectivity index is 1.59. The monoisotopic (exact) mass is 378 g/mol. The maximum atomic E-state index is 12.2. The Kier molecular flexibility index (Phi) is 6.11. The first-order valence-corrected chi connectivity index (χ1v) is 9.01. The van der Waals surface area contributed by atoms with Crippen LogP contribution in [0.1, 0.15) is 19.4 Å². The SMILES string of the molecule is CCOc1cc(/C=N\NC(=O)[C@@H](C)Oc2ccc3ccccc3c2)ccc1O. The molecule has 6 nitrogen and oxygen atoms in total. The van der Waals surface area contributed by atoms with Crippen LogP contribution in [-0.2, 0) is 4.79 Å². The Labute approximate surface area is 163 Å². The molecule has 144 valence electrons. The molecule has 3 aromatic carbocycles. The van der Waals surface area contributed by atoms with Crippen molar-refractivity contribution in [1.29, 1.82) is 0 Å². The molecule has 1 amide bonds. The van der Waals surface area contributed by atoms with Gasteiger partial charge in [-0.05, 0) is 60.5 Å². The molecule has 0 fully saturated rings. The van der Waals surface area contributed by atoms with Gasteiger partial charge in [0.15, 0.2) is 17.6 Å². The van der Waals surface area contributed by atoms with E-state index in [9.17, 15) is 9.90 Å². The number of amides is 1. The Bertz CT molecular complexity index is 1000. The summed E-state index contributed by atoms with van der Waals surface area (Å²) in [6.45, 7) is 3.93. The number of fused-ring (bicyclic) bond motifs is 1. The third-order valence-corrected chi connectivity index (χ3v) is 4.08. The lowest BCUT2D eigenvalue weighted by Crippen LogP contribution is -2.33. The molecule has 0 radical (unpaired) electrons. The minimum Gasteiger partial charge on any atom is -0.504 e. The molecule has 3 aromatic rings. The largest absolute Gasteiger partial charge is 0.504 e. The van der Waals surface area contributed by atoms with Gasteiger partial charge >= 0.3 is 0 Å². The zero-order valence-electron chi connectivity index (χ0n) is 15.8. The van der Waals surface area contributed by atoms with Gasteiger partial charge in [0, 0.05) is 0 Å². The lowest BCUT2D eigenvalue weighted by atomic mass is 10.1. The predicted octanol–water partition coefficient (Wildman–Crippen LogP) is 3.86. The number of phenols is 1. The third kappa shape index (κ3) is 4.79. The summed E-state index contributed by atoms with van der Waals surface area (Å²) < 4.78 is 11.0. The van der Waals surface area contributed by atoms with E-state index in [1.807, 2.05) is 49.4 Å². The first kappa shape index (κ1) is 19.2. The Hall–Kier alpha value is -3.54. The molecule has 6 heteroatoms. The van der Waals surface area contributed by atoms with Crippen molar-refractivity contribution in [2.75, 3.05) is 6.61 Å². The normalized spacial score (nSPS) is 12.1. The van der Waals surface area contributed by atoms with Gasteiger partial charge in [0.25, 0.3) is 5.91 Å². The lowest BCUT2D eigenvalue weighted by Gasteiger charge is -2.13. The van der Waals surface area contributed by atoms with Crippen molar-refractivity contribution in [3.63, 3.8) is 0 Å². The van der Waals surface area contributed by atoms with E-state index in [1.54, 1.807) is 19.1 Å². The Morgan fingerprint density at radius 1 is 1.14 bits per heavy atom. The van der Waals surface area contributed by atoms with E-state index in [2.05, 4.69) is 10.5 Å². The fourth-order valence-electron chi connectivity index (χ4n) is 2.64. The molecule has 28 heavy (non-hydrogen) atoms. The van der Waals surface area contributed by atoms with Gasteiger partial charge in [0.05, 0.1) is 12.8 Å². The van der Waals surface area contributed by atoms with Crippen LogP contribution < -0.4 is 14.9 Å². The van der Waals surface area contributed by atoms with E-state index in [0.29, 0.717) is 23.7 Å². The number of phenolic OH excluding ortho intramolecular Hbond substituents is 1. The molecule has 0 saturated carbocycles. The Morgan fingerprint density at radius 2 is 1.93 bits per heavy atom. The highest BCUT2D eigenvalue weighted by Gasteiger charge is 2.14. The van der Waals surface area contributed by atoms with E-state index in [4.69, 9.17) is 9.47 Å². The van der Waals surface area contributed by atoms with Gasteiger partial charge in [0.2, 0.25) is 0 Å². The van der Waals surface area contributed by atoms with Gasteiger partial charge in [-0.15, -0.1) is 0 Å². The fourth-order valence-corrected chi connectivity index (χ4v) is 2.64. The van der Waals surface area contributed by atoms with E-state index >= 15 is 0 Å². The zero-order valence-corrected chi connectivity index (χ0v) is 15.8. The number of hydrogen-bond donors (Lipinski definition) is 2. The standard InChI is InChI=1S/C22H22N2O4/c1-3-27-21-12-16(8-11-20(21)25)14-23-24-22(26)15(2)28-19-10-9-17-6-4-5-7-18(17)13-19/h4-15,25H,3H2,1-2H3,(H,24,26)/b23-14-/t15-/m1/s1. The zero-order chi connectivity index (χ0) is 19.9. The number of aromatic hydroxyl groups is 1. The van der Waals surface area contributed by atoms with Gasteiger partial charge in [-0.2, -0.15) is 5.10 Å². The molecule has 0 aliphatic rings. The van der Waals surface area contributed by atoms with Crippen molar-refractivity contribution >= 4 is 22.9 Å². The second-order valence-electron chi connectivity index (χ2n) is 6.16. The first-order chi connectivity index (χ1) is 13.6. The summed E-state index contributed by atoms with van der Waals surface area (Å²) in [5.74, 6) is 0.671. The minimum atomic E-state index is -0.711. The molecule has 1 atom stereocenters. The number of benzene rings is 3. The van der Waals surface area contributed by atoms with Crippen LogP contribution >= 0.6 is 0 Å². The number of carbonyl (C=O) groups is 1. The molecule has 0 aliphatic heterocycles. The molecule has 0 heterocycles. The molecular weight excluding hydrogens is 356 g/mol. The highest BCUT2D eigenvalue weighted by atomic mass is 16.5. The maximum Gasteiger partial charge on any atom is 0.280 e. The molecule has 0 bridgehead atoms. The second-order valence-corrected chi connectivity index (χ2v) is 6.16. The summed E-state index contributed by atoms with van der Waals surface area (Å²) in [4.78, 5) is 12.2. The van der Waals surface area contributed by atoms with Crippen LogP contribution in [0.2, 0.25) is 0 Å². The summed E-state index contributed by atoms with van der Waals surface area (Å²) in [7, 11) is 0. The number of nitrogens with one attached hydrogen (secondary N) is 1. The summed E-state index contributed by atoms with van der Waals surface area (Å²) in [6, 6.07) is 18.4. The average Bonchev–Trinajstić information content (AvgIpc) is 2.70. The van der Waals surface area contributed by atoms with E-state index in [1.165, 1.54) is 12.3 Å². The van der Waals surface area contributed by atoms with Gasteiger partial charge in [-0.1, -0.05) is 30.3 Å². The van der Waals surface area contributed by atoms with Crippen LogP contribution in [0.25, 0.3) is 10.8 Å². The molecule has 0 aliphatic carbocycles. The predicted molar refractivity (Wildman–Crippen MR) is 109 cm³/mol. The van der Waals surface area contributed by atoms with E-state index in [0.717, 1.165) is 10.8 Å². The van der Waals surface area contributed by atoms with Crippen molar-refractivity contribution in [2.45, 2.75) is 20.0 Å². The highest BCUT2D eigenvalue weighted by Crippen LogP contribution is 2.26. The third-order valence-electron chi connectivity index (χ3n) is 4.08. The van der Waals surface area contributed by atoms with Gasteiger partial charge < -0.3 is 14.6 Å². The average molecular weight is 378 g/mol. The second kappa shape index (κ2) is 8.90. The van der Waals surface area contributed by atoms with Gasteiger partial charge in [0.1, 0.15) is 5.75 Å². The van der Waals surface area contributed by atoms with Crippen LogP contribution in [-0.4, -0.2) is 29.9 Å². The molecule has 0 unspecified atom stereocenters. The molecular formula is C22H22N2O4. The Morgan fingerprint density at radius 3 is 2.71 bits per heavy atom. The summed E-state index contributed by atoms with van der Waals surface area (Å²) in [5, 5.41) is 15.8. The van der Waals surface area contributed by atoms with Crippen molar-refractivity contribution in [3.8, 4) is 17.2 Å². The van der Waals surface area contributed by atoms with Crippen LogP contribution in [0, 0.1) is 0 Å². The highest BCUT2D eigenvalue weighted by molar-refractivity contribution is 5.86. The first-order valence-electron chi connectivity index (χ1n) is 9.01. The molecule has 0 spiro atoms. The van der Waals surface area contributed by atoms with Crippen molar-refractivity contribution < 1.29 is 19.4 Å². The summed E-state index contributed by atoms with van der Waals surface area (Å²) in [5.41, 5.74) is 3.14. The smallest absolute Gasteiger partial charge is 0.280 e. The topological polar surface area (TPSA) is 80.2 Å². The summed E-state index contributed by atoms with van der Waals surface area (Å²) in [6.07, 6.45) is 0.764. The molecule has 0 saturated heterocycles. The van der Waals surface area contributed by atoms with Crippen molar-refractivity contribution in [3.05, 3.63) is 66.2 Å². The number of nitrogens with zero attached hydrogens (tertiary/aromatic N) is 1. The van der Waals surface area contributed by atoms with E-state index in [-0.39, 0.29) is 11.7 Å². The molecule has 3 rings (SSSR count). The summed E-state index contributed by atoms with van der Waals surface area (Å²) >= 11 is 0. The van der Waals surface area contributed by atoms with Crippen molar-refractivity contribution in [2.24, 2.45) is 5.10 Å². The number of hydrogen-bond acceptors (Lipinski definition) is 5. The lowest BCUT2D eigenvalue weighted by molar-refractivity contribution is -0.127. The number of hydrazone groups is 1. The van der Waals surface area contributed by atoms with Crippen LogP contribution in [0.5, 0.6) is 17.2 Å². The maximum absolute atomic E-state index is 12.2. The quantitative estimate of drug-likeness (QED) is 0.483. The van der Waals surface area contributed by atoms with Crippen molar-refractivity contribution in [1.82, 2.24) is 5.43 Å². The van der Waals surface area contributed by atoms with Gasteiger partial charge in [-0.3, -0.25) is 4.79 Å². The van der Waals surface area contributed by atoms with Crippen LogP contribution in [0.4, 0.5) is 0 Å². The number of carbonyl (C=O) groups excluding carboxylic acids is 1. The minimum absolute atomic E-state index is 0.0560. The number of ether oxygens (including phenoxy) is 2. The van der Waals surface area contributed by atoms with Crippen LogP contribution in [0.15, 0.2) is 65.8 Å². The molecule has 0 aromatic heterocycles.